The molecule has 13 heavy (non-hydrogen) atoms. The SMILES string of the molecule is CC(=O)[C@@]12C[C@H]3CO[C@]31[C@H]1C=C[C@H]12. The van der Waals surface area contributed by atoms with Crippen molar-refractivity contribution in [3.63, 3.8) is 0 Å². The summed E-state index contributed by atoms with van der Waals surface area (Å²) in [7, 11) is 0. The van der Waals surface area contributed by atoms with Gasteiger partial charge in [-0.2, -0.15) is 0 Å². The van der Waals surface area contributed by atoms with Gasteiger partial charge in [0.15, 0.2) is 0 Å². The molecule has 0 N–H and O–H groups in total. The highest BCUT2D eigenvalue weighted by Gasteiger charge is 2.88. The first-order valence-electron chi connectivity index (χ1n) is 5.07. The Morgan fingerprint density at radius 3 is 2.54 bits per heavy atom. The van der Waals surface area contributed by atoms with Crippen LogP contribution in [0.1, 0.15) is 13.3 Å². The van der Waals surface area contributed by atoms with E-state index in [1.54, 1.807) is 6.92 Å². The van der Waals surface area contributed by atoms with Crippen molar-refractivity contribution in [3.05, 3.63) is 12.2 Å². The fourth-order valence-corrected chi connectivity index (χ4v) is 4.33. The third-order valence-electron chi connectivity index (χ3n) is 5.00. The van der Waals surface area contributed by atoms with Gasteiger partial charge >= 0.3 is 0 Å². The molecule has 4 aliphatic rings. The lowest BCUT2D eigenvalue weighted by molar-refractivity contribution is -0.423. The molecule has 0 aromatic rings. The topological polar surface area (TPSA) is 26.3 Å². The highest BCUT2D eigenvalue weighted by atomic mass is 16.5. The number of carbonyl (C=O) groups is 1. The van der Waals surface area contributed by atoms with E-state index < -0.39 is 0 Å². The summed E-state index contributed by atoms with van der Waals surface area (Å²) >= 11 is 0. The van der Waals surface area contributed by atoms with Crippen LogP contribution in [0, 0.1) is 23.2 Å². The van der Waals surface area contributed by atoms with Gasteiger partial charge in [-0.25, -0.2) is 0 Å². The zero-order valence-corrected chi connectivity index (χ0v) is 7.62. The summed E-state index contributed by atoms with van der Waals surface area (Å²) in [4.78, 5) is 11.7. The molecule has 2 heteroatoms. The van der Waals surface area contributed by atoms with Gasteiger partial charge in [0, 0.05) is 17.8 Å². The van der Waals surface area contributed by atoms with Crippen LogP contribution >= 0.6 is 0 Å². The summed E-state index contributed by atoms with van der Waals surface area (Å²) in [5.41, 5.74) is -0.0758. The number of carbonyl (C=O) groups excluding carboxylic acids is 1. The zero-order chi connectivity index (χ0) is 8.84. The largest absolute Gasteiger partial charge is 0.373 e. The Morgan fingerprint density at radius 1 is 1.46 bits per heavy atom. The number of allylic oxidation sites excluding steroid dienone is 1. The van der Waals surface area contributed by atoms with Crippen LogP contribution in [0.3, 0.4) is 0 Å². The second-order valence-corrected chi connectivity index (χ2v) is 4.97. The lowest BCUT2D eigenvalue weighted by atomic mass is 9.25. The van der Waals surface area contributed by atoms with Crippen molar-refractivity contribution in [2.45, 2.75) is 18.9 Å². The van der Waals surface area contributed by atoms with Crippen molar-refractivity contribution >= 4 is 5.78 Å². The average Bonchev–Trinajstić information content (AvgIpc) is 2.02. The molecule has 1 saturated heterocycles. The first-order valence-corrected chi connectivity index (χ1v) is 5.07. The summed E-state index contributed by atoms with van der Waals surface area (Å²) < 4.78 is 5.74. The van der Waals surface area contributed by atoms with E-state index >= 15 is 0 Å². The Hall–Kier alpha value is -0.630. The molecule has 3 fully saturated rings. The minimum atomic E-state index is -0.0741. The van der Waals surface area contributed by atoms with E-state index in [4.69, 9.17) is 4.74 Å². The van der Waals surface area contributed by atoms with Crippen LogP contribution in [0.5, 0.6) is 0 Å². The molecule has 1 heterocycles. The second-order valence-electron chi connectivity index (χ2n) is 4.97. The molecule has 0 aromatic carbocycles. The maximum atomic E-state index is 11.7. The highest BCUT2D eigenvalue weighted by molar-refractivity contribution is 5.89. The molecule has 0 amide bonds. The number of hydrogen-bond donors (Lipinski definition) is 0. The van der Waals surface area contributed by atoms with Crippen molar-refractivity contribution < 1.29 is 9.53 Å². The molecule has 1 aliphatic heterocycles. The normalized spacial score (nSPS) is 64.2. The quantitative estimate of drug-likeness (QED) is 0.560. The molecule has 4 rings (SSSR count). The number of ketones is 1. The molecule has 0 aromatic heterocycles. The van der Waals surface area contributed by atoms with E-state index in [9.17, 15) is 4.79 Å². The molecule has 68 valence electrons. The van der Waals surface area contributed by atoms with E-state index in [2.05, 4.69) is 12.2 Å². The van der Waals surface area contributed by atoms with Crippen LogP contribution in [-0.4, -0.2) is 18.0 Å². The van der Waals surface area contributed by atoms with Crippen LogP contribution in [0.4, 0.5) is 0 Å². The smallest absolute Gasteiger partial charge is 0.139 e. The van der Waals surface area contributed by atoms with Gasteiger partial charge in [0.1, 0.15) is 5.78 Å². The summed E-state index contributed by atoms with van der Waals surface area (Å²) in [6, 6.07) is 0. The Morgan fingerprint density at radius 2 is 2.23 bits per heavy atom. The first-order chi connectivity index (χ1) is 6.23. The van der Waals surface area contributed by atoms with Crippen LogP contribution in [0.25, 0.3) is 0 Å². The average molecular weight is 176 g/mol. The molecule has 5 atom stereocenters. The van der Waals surface area contributed by atoms with Gasteiger partial charge < -0.3 is 4.74 Å². The van der Waals surface area contributed by atoms with Gasteiger partial charge in [0.05, 0.1) is 17.6 Å². The van der Waals surface area contributed by atoms with Crippen molar-refractivity contribution in [3.8, 4) is 0 Å². The lowest BCUT2D eigenvalue weighted by Crippen LogP contribution is -2.90. The number of Topliss-reactive ketones (excluding diaryl/α,β-unsaturated/α-hetero) is 1. The Kier molecular flexibility index (Phi) is 0.791. The van der Waals surface area contributed by atoms with Crippen LogP contribution in [0.15, 0.2) is 12.2 Å². The van der Waals surface area contributed by atoms with Gasteiger partial charge in [-0.05, 0) is 13.3 Å². The van der Waals surface area contributed by atoms with Gasteiger partial charge in [0.2, 0.25) is 0 Å². The minimum absolute atomic E-state index is 0.00174. The van der Waals surface area contributed by atoms with Crippen LogP contribution < -0.4 is 0 Å². The van der Waals surface area contributed by atoms with Gasteiger partial charge in [-0.3, -0.25) is 4.79 Å². The molecular weight excluding hydrogens is 164 g/mol. The molecule has 1 spiro atoms. The van der Waals surface area contributed by atoms with E-state index in [1.165, 1.54) is 0 Å². The lowest BCUT2D eigenvalue weighted by Gasteiger charge is -2.83. The van der Waals surface area contributed by atoms with Crippen molar-refractivity contribution in [1.29, 1.82) is 0 Å². The third kappa shape index (κ3) is 0.364. The van der Waals surface area contributed by atoms with E-state index in [0.29, 0.717) is 23.5 Å². The Labute approximate surface area is 77.0 Å². The fraction of sp³-hybridized carbons (Fsp3) is 0.727. The molecule has 2 saturated carbocycles. The molecule has 3 aliphatic carbocycles. The van der Waals surface area contributed by atoms with E-state index in [0.717, 1.165) is 13.0 Å². The standard InChI is InChI=1S/C11H12O2/c1-6(12)10-4-7-5-13-11(7,10)9-3-2-8(9)10/h2-3,7-9H,4-5H2,1H3/t7-,8+,9-,10+,11-/m0/s1. The summed E-state index contributed by atoms with van der Waals surface area (Å²) in [6.07, 6.45) is 5.53. The Bertz CT molecular complexity index is 359. The predicted molar refractivity (Wildman–Crippen MR) is 46.0 cm³/mol. The Balaban J connectivity index is 1.87. The molecule has 2 nitrogen and oxygen atoms in total. The number of fused-ring (bicyclic) bond motifs is 2. The minimum Gasteiger partial charge on any atom is -0.373 e. The zero-order valence-electron chi connectivity index (χ0n) is 7.62. The maximum Gasteiger partial charge on any atom is 0.139 e. The maximum absolute atomic E-state index is 11.7. The number of rotatable bonds is 1. The monoisotopic (exact) mass is 176 g/mol. The van der Waals surface area contributed by atoms with E-state index in [1.807, 2.05) is 0 Å². The third-order valence-corrected chi connectivity index (χ3v) is 5.00. The van der Waals surface area contributed by atoms with Gasteiger partial charge in [-0.1, -0.05) is 12.2 Å². The number of hydrogen-bond acceptors (Lipinski definition) is 2. The highest BCUT2D eigenvalue weighted by Crippen LogP contribution is 2.81. The molecule has 0 bridgehead atoms. The summed E-state index contributed by atoms with van der Waals surface area (Å²) in [5, 5.41) is 0. The molecular formula is C11H12O2. The summed E-state index contributed by atoms with van der Waals surface area (Å²) in [5.74, 6) is 2.17. The first kappa shape index (κ1) is 6.77. The van der Waals surface area contributed by atoms with Crippen molar-refractivity contribution in [2.75, 3.05) is 6.61 Å². The van der Waals surface area contributed by atoms with E-state index in [-0.39, 0.29) is 11.0 Å². The fourth-order valence-electron chi connectivity index (χ4n) is 4.33. The van der Waals surface area contributed by atoms with Gasteiger partial charge in [0.25, 0.3) is 0 Å². The van der Waals surface area contributed by atoms with Crippen LogP contribution in [0.2, 0.25) is 0 Å². The van der Waals surface area contributed by atoms with Crippen molar-refractivity contribution in [2.24, 2.45) is 23.2 Å². The number of ether oxygens (including phenoxy) is 1. The van der Waals surface area contributed by atoms with Gasteiger partial charge in [-0.15, -0.1) is 0 Å². The van der Waals surface area contributed by atoms with Crippen molar-refractivity contribution in [1.82, 2.24) is 0 Å². The molecule has 0 radical (unpaired) electrons. The summed E-state index contributed by atoms with van der Waals surface area (Å²) in [6.45, 7) is 2.63. The molecule has 0 unspecified atom stereocenters. The van der Waals surface area contributed by atoms with Crippen LogP contribution in [-0.2, 0) is 9.53 Å². The predicted octanol–water partition coefficient (Wildman–Crippen LogP) is 1.17. The second kappa shape index (κ2) is 1.52.